The number of hydrogen-bond acceptors (Lipinski definition) is 2. The summed E-state index contributed by atoms with van der Waals surface area (Å²) in [5.41, 5.74) is 7.51. The first-order valence-electron chi connectivity index (χ1n) is 4.93. The van der Waals surface area contributed by atoms with Crippen molar-refractivity contribution >= 4 is 24.1 Å². The lowest BCUT2D eigenvalue weighted by molar-refractivity contribution is -0.137. The first-order chi connectivity index (χ1) is 7.20. The number of unbranched alkanes of at least 4 members (excludes halogenated alkanes) is 1. The van der Waals surface area contributed by atoms with Crippen LogP contribution >= 0.6 is 12.4 Å². The monoisotopic (exact) mass is 241 g/mol. The third kappa shape index (κ3) is 5.41. The molecule has 0 atom stereocenters. The van der Waals surface area contributed by atoms with Crippen molar-refractivity contribution in [3.05, 3.63) is 42.0 Å². The molecule has 0 fully saturated rings. The van der Waals surface area contributed by atoms with E-state index in [-0.39, 0.29) is 18.8 Å². The van der Waals surface area contributed by atoms with Gasteiger partial charge in [0.2, 0.25) is 0 Å². The van der Waals surface area contributed by atoms with Gasteiger partial charge in [-0.3, -0.25) is 4.79 Å². The smallest absolute Gasteiger partial charge is 0.303 e. The Morgan fingerprint density at radius 2 is 1.94 bits per heavy atom. The van der Waals surface area contributed by atoms with Crippen molar-refractivity contribution < 1.29 is 9.90 Å². The lowest BCUT2D eigenvalue weighted by Crippen LogP contribution is -1.97. The van der Waals surface area contributed by atoms with Crippen molar-refractivity contribution in [3.8, 4) is 0 Å². The number of carboxylic acids is 1. The molecular formula is C12H16ClNO2. The van der Waals surface area contributed by atoms with Crippen LogP contribution in [0, 0.1) is 0 Å². The van der Waals surface area contributed by atoms with Crippen molar-refractivity contribution in [1.82, 2.24) is 0 Å². The third-order valence-electron chi connectivity index (χ3n) is 2.07. The predicted octanol–water partition coefficient (Wildman–Crippen LogP) is 2.66. The zero-order chi connectivity index (χ0) is 11.1. The number of rotatable bonds is 5. The van der Waals surface area contributed by atoms with Gasteiger partial charge in [-0.15, -0.1) is 12.4 Å². The molecule has 0 saturated heterocycles. The number of halogens is 1. The van der Waals surface area contributed by atoms with Gasteiger partial charge >= 0.3 is 5.97 Å². The van der Waals surface area contributed by atoms with Crippen molar-refractivity contribution in [2.24, 2.45) is 5.73 Å². The number of hydrogen-bond donors (Lipinski definition) is 2. The van der Waals surface area contributed by atoms with Crippen LogP contribution in [-0.4, -0.2) is 11.1 Å². The predicted molar refractivity (Wildman–Crippen MR) is 67.3 cm³/mol. The lowest BCUT2D eigenvalue weighted by atomic mass is 10.1. The Bertz CT molecular complexity index is 349. The number of benzene rings is 1. The Kier molecular flexibility index (Phi) is 7.05. The molecule has 0 bridgehead atoms. The topological polar surface area (TPSA) is 63.3 Å². The van der Waals surface area contributed by atoms with Crippen LogP contribution in [0.4, 0.5) is 0 Å². The molecular weight excluding hydrogens is 226 g/mol. The molecule has 0 saturated carbocycles. The largest absolute Gasteiger partial charge is 0.481 e. The van der Waals surface area contributed by atoms with Crippen LogP contribution in [-0.2, 0) is 4.79 Å². The third-order valence-corrected chi connectivity index (χ3v) is 2.07. The fourth-order valence-electron chi connectivity index (χ4n) is 1.26. The van der Waals surface area contributed by atoms with Crippen LogP contribution in [0.15, 0.2) is 36.4 Å². The summed E-state index contributed by atoms with van der Waals surface area (Å²) < 4.78 is 0. The molecule has 1 rings (SSSR count). The second kappa shape index (κ2) is 7.77. The minimum absolute atomic E-state index is 0. The SMILES string of the molecule is Cl.N/C(=C\CCCC(=O)O)c1ccccc1. The van der Waals surface area contributed by atoms with Gasteiger partial charge in [0, 0.05) is 12.1 Å². The van der Waals surface area contributed by atoms with Crippen LogP contribution in [0.3, 0.4) is 0 Å². The second-order valence-corrected chi connectivity index (χ2v) is 3.31. The standard InChI is InChI=1S/C12H15NO2.ClH/c13-11(8-4-5-9-12(14)15)10-6-2-1-3-7-10;/h1-3,6-8H,4-5,9,13H2,(H,14,15);1H/b11-8-;. The van der Waals surface area contributed by atoms with Gasteiger partial charge in [-0.25, -0.2) is 0 Å². The summed E-state index contributed by atoms with van der Waals surface area (Å²) in [6.07, 6.45) is 3.40. The highest BCUT2D eigenvalue weighted by molar-refractivity contribution is 5.85. The fraction of sp³-hybridized carbons (Fsp3) is 0.250. The summed E-state index contributed by atoms with van der Waals surface area (Å²) in [6.45, 7) is 0. The van der Waals surface area contributed by atoms with Crippen molar-refractivity contribution in [3.63, 3.8) is 0 Å². The van der Waals surface area contributed by atoms with Gasteiger partial charge in [-0.1, -0.05) is 36.4 Å². The first kappa shape index (κ1) is 14.5. The molecule has 3 N–H and O–H groups in total. The molecule has 3 nitrogen and oxygen atoms in total. The van der Waals surface area contributed by atoms with E-state index in [0.29, 0.717) is 18.5 Å². The molecule has 0 spiro atoms. The van der Waals surface area contributed by atoms with E-state index in [0.717, 1.165) is 5.56 Å². The Balaban J connectivity index is 0.00000225. The molecule has 1 aromatic rings. The quantitative estimate of drug-likeness (QED) is 0.779. The zero-order valence-corrected chi connectivity index (χ0v) is 9.74. The van der Waals surface area contributed by atoms with Gasteiger partial charge in [0.25, 0.3) is 0 Å². The van der Waals surface area contributed by atoms with Crippen LogP contribution in [0.25, 0.3) is 5.70 Å². The Morgan fingerprint density at radius 1 is 1.31 bits per heavy atom. The zero-order valence-electron chi connectivity index (χ0n) is 8.93. The normalized spacial score (nSPS) is 10.6. The molecule has 0 heterocycles. The Labute approximate surface area is 101 Å². The molecule has 0 amide bonds. The van der Waals surface area contributed by atoms with E-state index in [1.165, 1.54) is 0 Å². The Morgan fingerprint density at radius 3 is 2.50 bits per heavy atom. The molecule has 0 radical (unpaired) electrons. The summed E-state index contributed by atoms with van der Waals surface area (Å²) in [7, 11) is 0. The van der Waals surface area contributed by atoms with Crippen molar-refractivity contribution in [2.75, 3.05) is 0 Å². The number of aliphatic carboxylic acids is 1. The highest BCUT2D eigenvalue weighted by Crippen LogP contribution is 2.09. The van der Waals surface area contributed by atoms with Gasteiger partial charge in [-0.05, 0) is 18.4 Å². The van der Waals surface area contributed by atoms with E-state index < -0.39 is 5.97 Å². The van der Waals surface area contributed by atoms with E-state index >= 15 is 0 Å². The molecule has 0 aliphatic rings. The van der Waals surface area contributed by atoms with E-state index in [4.69, 9.17) is 10.8 Å². The average Bonchev–Trinajstić information content (AvgIpc) is 2.25. The summed E-state index contributed by atoms with van der Waals surface area (Å²) in [4.78, 5) is 10.3. The maximum Gasteiger partial charge on any atom is 0.303 e. The molecule has 0 aromatic heterocycles. The minimum atomic E-state index is -0.762. The molecule has 16 heavy (non-hydrogen) atoms. The molecule has 4 heteroatoms. The number of nitrogens with two attached hydrogens (primary N) is 1. The fourth-order valence-corrected chi connectivity index (χ4v) is 1.26. The molecule has 0 aliphatic heterocycles. The summed E-state index contributed by atoms with van der Waals surface area (Å²) in [5, 5.41) is 8.44. The van der Waals surface area contributed by atoms with Crippen molar-refractivity contribution in [2.45, 2.75) is 19.3 Å². The lowest BCUT2D eigenvalue weighted by Gasteiger charge is -2.00. The van der Waals surface area contributed by atoms with Crippen LogP contribution < -0.4 is 5.73 Å². The number of carbonyl (C=O) groups is 1. The second-order valence-electron chi connectivity index (χ2n) is 3.31. The summed E-state index contributed by atoms with van der Waals surface area (Å²) in [6, 6.07) is 9.65. The van der Waals surface area contributed by atoms with Crippen LogP contribution in [0.5, 0.6) is 0 Å². The van der Waals surface area contributed by atoms with Gasteiger partial charge in [0.05, 0.1) is 0 Å². The van der Waals surface area contributed by atoms with Gasteiger partial charge < -0.3 is 10.8 Å². The minimum Gasteiger partial charge on any atom is -0.481 e. The van der Waals surface area contributed by atoms with Crippen LogP contribution in [0.2, 0.25) is 0 Å². The van der Waals surface area contributed by atoms with E-state index in [1.54, 1.807) is 0 Å². The molecule has 88 valence electrons. The average molecular weight is 242 g/mol. The van der Waals surface area contributed by atoms with Crippen LogP contribution in [0.1, 0.15) is 24.8 Å². The molecule has 1 aromatic carbocycles. The van der Waals surface area contributed by atoms with Gasteiger partial charge in [0.1, 0.15) is 0 Å². The highest BCUT2D eigenvalue weighted by Gasteiger charge is 1.96. The van der Waals surface area contributed by atoms with Gasteiger partial charge in [-0.2, -0.15) is 0 Å². The van der Waals surface area contributed by atoms with Crippen molar-refractivity contribution in [1.29, 1.82) is 0 Å². The molecule has 0 unspecified atom stereocenters. The highest BCUT2D eigenvalue weighted by atomic mass is 35.5. The number of allylic oxidation sites excluding steroid dienone is 1. The van der Waals surface area contributed by atoms with E-state index in [1.807, 2.05) is 36.4 Å². The number of carboxylic acid groups (broad SMARTS) is 1. The van der Waals surface area contributed by atoms with Gasteiger partial charge in [0.15, 0.2) is 0 Å². The summed E-state index contributed by atoms with van der Waals surface area (Å²) in [5.74, 6) is -0.762. The summed E-state index contributed by atoms with van der Waals surface area (Å²) >= 11 is 0. The maximum atomic E-state index is 10.3. The Hall–Kier alpha value is -1.48. The van der Waals surface area contributed by atoms with E-state index in [9.17, 15) is 4.79 Å². The molecule has 0 aliphatic carbocycles. The first-order valence-corrected chi connectivity index (χ1v) is 4.93. The maximum absolute atomic E-state index is 10.3. The van der Waals surface area contributed by atoms with E-state index in [2.05, 4.69) is 0 Å².